The smallest absolute Gasteiger partial charge is 0.240 e. The van der Waals surface area contributed by atoms with E-state index >= 15 is 0 Å². The highest BCUT2D eigenvalue weighted by atomic mass is 16.5. The number of nitrogens with zero attached hydrogens (tertiary/aromatic N) is 3. The molecule has 0 aliphatic carbocycles. The fourth-order valence-corrected chi connectivity index (χ4v) is 1.35. The Bertz CT molecular complexity index is 268. The van der Waals surface area contributed by atoms with Crippen molar-refractivity contribution in [3.05, 3.63) is 11.7 Å². The molecule has 0 saturated carbocycles. The Balaban J connectivity index is 1.89. The van der Waals surface area contributed by atoms with E-state index in [1.165, 1.54) is 0 Å². The van der Waals surface area contributed by atoms with Gasteiger partial charge in [0, 0.05) is 13.1 Å². The third kappa shape index (κ3) is 2.26. The first kappa shape index (κ1) is 8.65. The lowest BCUT2D eigenvalue weighted by molar-refractivity contribution is 0.0297. The summed E-state index contributed by atoms with van der Waals surface area (Å²) in [5.41, 5.74) is 0. The number of morpholine rings is 1. The van der Waals surface area contributed by atoms with Gasteiger partial charge in [-0.2, -0.15) is 4.98 Å². The summed E-state index contributed by atoms with van der Waals surface area (Å²) in [7, 11) is 0. The van der Waals surface area contributed by atoms with Gasteiger partial charge in [-0.05, 0) is 6.92 Å². The van der Waals surface area contributed by atoms with Crippen LogP contribution in [0.5, 0.6) is 0 Å². The first-order valence-electron chi connectivity index (χ1n) is 4.44. The number of ether oxygens (including phenoxy) is 1. The summed E-state index contributed by atoms with van der Waals surface area (Å²) in [6.07, 6.45) is 0. The van der Waals surface area contributed by atoms with Crippen molar-refractivity contribution in [3.63, 3.8) is 0 Å². The van der Waals surface area contributed by atoms with Crippen molar-refractivity contribution in [2.45, 2.75) is 13.5 Å². The van der Waals surface area contributed by atoms with Gasteiger partial charge in [-0.15, -0.1) is 0 Å². The predicted molar refractivity (Wildman–Crippen MR) is 45.1 cm³/mol. The number of rotatable bonds is 2. The SMILES string of the molecule is Cc1noc(CN2CCOCC2)n1. The highest BCUT2D eigenvalue weighted by molar-refractivity contribution is 4.83. The summed E-state index contributed by atoms with van der Waals surface area (Å²) in [6.45, 7) is 6.06. The molecule has 0 aromatic carbocycles. The molecule has 5 heteroatoms. The van der Waals surface area contributed by atoms with Crippen LogP contribution in [0.3, 0.4) is 0 Å². The third-order valence-electron chi connectivity index (χ3n) is 2.03. The van der Waals surface area contributed by atoms with Gasteiger partial charge in [-0.25, -0.2) is 0 Å². The zero-order valence-electron chi connectivity index (χ0n) is 7.69. The molecule has 0 atom stereocenters. The van der Waals surface area contributed by atoms with E-state index in [9.17, 15) is 0 Å². The fraction of sp³-hybridized carbons (Fsp3) is 0.750. The van der Waals surface area contributed by atoms with E-state index < -0.39 is 0 Å². The molecule has 1 aromatic heterocycles. The van der Waals surface area contributed by atoms with Gasteiger partial charge in [0.1, 0.15) is 0 Å². The Labute approximate surface area is 76.7 Å². The molecule has 1 aromatic rings. The number of hydrogen-bond acceptors (Lipinski definition) is 5. The molecule has 1 saturated heterocycles. The molecule has 0 amide bonds. The van der Waals surface area contributed by atoms with Gasteiger partial charge in [-0.1, -0.05) is 5.16 Å². The molecule has 1 fully saturated rings. The van der Waals surface area contributed by atoms with Crippen LogP contribution in [0.4, 0.5) is 0 Å². The quantitative estimate of drug-likeness (QED) is 0.656. The van der Waals surface area contributed by atoms with Crippen LogP contribution >= 0.6 is 0 Å². The van der Waals surface area contributed by atoms with Gasteiger partial charge in [0.25, 0.3) is 0 Å². The molecule has 0 N–H and O–H groups in total. The summed E-state index contributed by atoms with van der Waals surface area (Å²) in [6, 6.07) is 0. The first-order chi connectivity index (χ1) is 6.34. The maximum atomic E-state index is 5.23. The molecule has 1 aliphatic heterocycles. The summed E-state index contributed by atoms with van der Waals surface area (Å²) in [4.78, 5) is 6.39. The average molecular weight is 183 g/mol. The van der Waals surface area contributed by atoms with Gasteiger partial charge in [0.2, 0.25) is 5.89 Å². The van der Waals surface area contributed by atoms with Crippen molar-refractivity contribution in [1.82, 2.24) is 15.0 Å². The van der Waals surface area contributed by atoms with Gasteiger partial charge < -0.3 is 9.26 Å². The zero-order chi connectivity index (χ0) is 9.10. The Morgan fingerprint density at radius 1 is 1.38 bits per heavy atom. The molecule has 1 aliphatic rings. The minimum Gasteiger partial charge on any atom is -0.379 e. The second kappa shape index (κ2) is 3.85. The second-order valence-corrected chi connectivity index (χ2v) is 3.12. The summed E-state index contributed by atoms with van der Waals surface area (Å²) >= 11 is 0. The normalized spacial score (nSPS) is 19.2. The second-order valence-electron chi connectivity index (χ2n) is 3.12. The molecule has 2 rings (SSSR count). The van der Waals surface area contributed by atoms with E-state index in [-0.39, 0.29) is 0 Å². The lowest BCUT2D eigenvalue weighted by Crippen LogP contribution is -2.35. The maximum Gasteiger partial charge on any atom is 0.240 e. The van der Waals surface area contributed by atoms with Crippen LogP contribution in [-0.2, 0) is 11.3 Å². The summed E-state index contributed by atoms with van der Waals surface area (Å²) in [5.74, 6) is 1.39. The van der Waals surface area contributed by atoms with E-state index in [1.54, 1.807) is 0 Å². The van der Waals surface area contributed by atoms with E-state index in [0.717, 1.165) is 32.8 Å². The minimum atomic E-state index is 0.694. The van der Waals surface area contributed by atoms with Gasteiger partial charge in [-0.3, -0.25) is 4.90 Å². The first-order valence-corrected chi connectivity index (χ1v) is 4.44. The predicted octanol–water partition coefficient (Wildman–Crippen LogP) is 0.210. The summed E-state index contributed by atoms with van der Waals surface area (Å²) < 4.78 is 10.3. The topological polar surface area (TPSA) is 51.4 Å². The van der Waals surface area contributed by atoms with Crippen LogP contribution in [0.15, 0.2) is 4.52 Å². The molecule has 0 spiro atoms. The monoisotopic (exact) mass is 183 g/mol. The molecule has 5 nitrogen and oxygen atoms in total. The molecule has 2 heterocycles. The average Bonchev–Trinajstić information content (AvgIpc) is 2.53. The standard InChI is InChI=1S/C8H13N3O2/c1-7-9-8(13-10-7)6-11-2-4-12-5-3-11/h2-6H2,1H3. The van der Waals surface area contributed by atoms with E-state index in [2.05, 4.69) is 15.0 Å². The number of aryl methyl sites for hydroxylation is 1. The van der Waals surface area contributed by atoms with Crippen molar-refractivity contribution < 1.29 is 9.26 Å². The van der Waals surface area contributed by atoms with Crippen LogP contribution in [0, 0.1) is 6.92 Å². The highest BCUT2D eigenvalue weighted by Gasteiger charge is 2.13. The largest absolute Gasteiger partial charge is 0.379 e. The van der Waals surface area contributed by atoms with Gasteiger partial charge in [0.05, 0.1) is 19.8 Å². The molecule has 13 heavy (non-hydrogen) atoms. The molecular weight excluding hydrogens is 170 g/mol. The van der Waals surface area contributed by atoms with Crippen molar-refractivity contribution in [2.24, 2.45) is 0 Å². The lowest BCUT2D eigenvalue weighted by atomic mass is 10.4. The van der Waals surface area contributed by atoms with Crippen LogP contribution in [0.2, 0.25) is 0 Å². The van der Waals surface area contributed by atoms with Gasteiger partial charge >= 0.3 is 0 Å². The van der Waals surface area contributed by atoms with Crippen LogP contribution in [-0.4, -0.2) is 41.3 Å². The van der Waals surface area contributed by atoms with Gasteiger partial charge in [0.15, 0.2) is 5.82 Å². The van der Waals surface area contributed by atoms with E-state index in [1.807, 2.05) is 6.92 Å². The molecule has 0 bridgehead atoms. The van der Waals surface area contributed by atoms with Crippen LogP contribution < -0.4 is 0 Å². The number of hydrogen-bond donors (Lipinski definition) is 0. The lowest BCUT2D eigenvalue weighted by Gasteiger charge is -2.24. The van der Waals surface area contributed by atoms with Crippen molar-refractivity contribution in [3.8, 4) is 0 Å². The van der Waals surface area contributed by atoms with Crippen molar-refractivity contribution >= 4 is 0 Å². The van der Waals surface area contributed by atoms with E-state index in [0.29, 0.717) is 11.7 Å². The molecule has 0 unspecified atom stereocenters. The van der Waals surface area contributed by atoms with Crippen molar-refractivity contribution in [1.29, 1.82) is 0 Å². The molecule has 0 radical (unpaired) electrons. The minimum absolute atomic E-state index is 0.694. The van der Waals surface area contributed by atoms with Crippen LogP contribution in [0.1, 0.15) is 11.7 Å². The number of aromatic nitrogens is 2. The Morgan fingerprint density at radius 2 is 2.15 bits per heavy atom. The van der Waals surface area contributed by atoms with Crippen molar-refractivity contribution in [2.75, 3.05) is 26.3 Å². The summed E-state index contributed by atoms with van der Waals surface area (Å²) in [5, 5.41) is 3.74. The fourth-order valence-electron chi connectivity index (χ4n) is 1.35. The van der Waals surface area contributed by atoms with Crippen LogP contribution in [0.25, 0.3) is 0 Å². The highest BCUT2D eigenvalue weighted by Crippen LogP contribution is 2.04. The maximum absolute atomic E-state index is 5.23. The Kier molecular flexibility index (Phi) is 2.56. The third-order valence-corrected chi connectivity index (χ3v) is 2.03. The Morgan fingerprint density at radius 3 is 2.77 bits per heavy atom. The zero-order valence-corrected chi connectivity index (χ0v) is 7.69. The van der Waals surface area contributed by atoms with E-state index in [4.69, 9.17) is 9.26 Å². The molecular formula is C8H13N3O2. The Hall–Kier alpha value is -0.940. The molecule has 72 valence electrons.